The number of nitrogens with two attached hydrogens (primary N) is 1. The van der Waals surface area contributed by atoms with Crippen molar-refractivity contribution in [1.82, 2.24) is 10.3 Å². The third-order valence-electron chi connectivity index (χ3n) is 3.91. The zero-order valence-electron chi connectivity index (χ0n) is 13.5. The third-order valence-corrected chi connectivity index (χ3v) is 3.91. The van der Waals surface area contributed by atoms with E-state index in [1.54, 1.807) is 0 Å². The van der Waals surface area contributed by atoms with Gasteiger partial charge in [0.1, 0.15) is 18.1 Å². The Morgan fingerprint density at radius 3 is 3.04 bits per heavy atom. The number of rotatable bonds is 4. The van der Waals surface area contributed by atoms with Crippen LogP contribution in [0.5, 0.6) is 5.75 Å². The van der Waals surface area contributed by atoms with Crippen molar-refractivity contribution in [3.05, 3.63) is 47.2 Å². The Bertz CT molecular complexity index is 708. The van der Waals surface area contributed by atoms with Crippen molar-refractivity contribution in [3.8, 4) is 5.75 Å². The van der Waals surface area contributed by atoms with Crippen LogP contribution in [0.3, 0.4) is 0 Å². The highest BCUT2D eigenvalue weighted by Crippen LogP contribution is 2.31. The number of oxazole rings is 1. The summed E-state index contributed by atoms with van der Waals surface area (Å²) in [6.45, 7) is 4.99. The molecule has 1 aliphatic rings. The lowest BCUT2D eigenvalue weighted by Crippen LogP contribution is -2.37. The van der Waals surface area contributed by atoms with Crippen LogP contribution in [-0.4, -0.2) is 17.6 Å². The van der Waals surface area contributed by atoms with E-state index in [1.165, 1.54) is 0 Å². The molecule has 23 heavy (non-hydrogen) atoms. The molecule has 0 spiro atoms. The van der Waals surface area contributed by atoms with Gasteiger partial charge in [-0.25, -0.2) is 9.98 Å². The highest BCUT2D eigenvalue weighted by molar-refractivity contribution is 5.78. The molecule has 1 aromatic heterocycles. The van der Waals surface area contributed by atoms with Crippen LogP contribution >= 0.6 is 0 Å². The molecular weight excluding hydrogens is 292 g/mol. The van der Waals surface area contributed by atoms with Crippen molar-refractivity contribution in [2.45, 2.75) is 39.3 Å². The van der Waals surface area contributed by atoms with E-state index in [2.05, 4.69) is 15.3 Å². The molecule has 0 bridgehead atoms. The predicted octanol–water partition coefficient (Wildman–Crippen LogP) is 2.47. The number of aliphatic imine (C=N–C) groups is 1. The molecule has 6 nitrogen and oxygen atoms in total. The minimum absolute atomic E-state index is 0.116. The molecule has 1 unspecified atom stereocenters. The average Bonchev–Trinajstić information content (AvgIpc) is 2.93. The second-order valence-corrected chi connectivity index (χ2v) is 5.54. The van der Waals surface area contributed by atoms with E-state index in [-0.39, 0.29) is 6.04 Å². The Kier molecular flexibility index (Phi) is 4.50. The van der Waals surface area contributed by atoms with Crippen LogP contribution in [0, 0.1) is 6.92 Å². The van der Waals surface area contributed by atoms with E-state index in [4.69, 9.17) is 14.9 Å². The van der Waals surface area contributed by atoms with Crippen molar-refractivity contribution in [3.63, 3.8) is 0 Å². The number of hydrogen-bond donors (Lipinski definition) is 2. The largest absolute Gasteiger partial charge is 0.493 e. The lowest BCUT2D eigenvalue weighted by Gasteiger charge is -2.26. The summed E-state index contributed by atoms with van der Waals surface area (Å²) in [6.07, 6.45) is 1.63. The Labute approximate surface area is 135 Å². The van der Waals surface area contributed by atoms with Gasteiger partial charge in [-0.3, -0.25) is 0 Å². The van der Waals surface area contributed by atoms with E-state index in [9.17, 15) is 0 Å². The molecule has 122 valence electrons. The smallest absolute Gasteiger partial charge is 0.194 e. The highest BCUT2D eigenvalue weighted by atomic mass is 16.5. The van der Waals surface area contributed by atoms with Gasteiger partial charge in [0.2, 0.25) is 0 Å². The summed E-state index contributed by atoms with van der Waals surface area (Å²) in [5, 5.41) is 3.27. The first-order valence-electron chi connectivity index (χ1n) is 7.90. The van der Waals surface area contributed by atoms with Crippen LogP contribution in [0.15, 0.2) is 33.7 Å². The number of aromatic nitrogens is 1. The molecule has 0 fully saturated rings. The fraction of sp³-hybridized carbons (Fsp3) is 0.412. The molecule has 3 N–H and O–H groups in total. The first kappa shape index (κ1) is 15.4. The maximum atomic E-state index is 6.03. The van der Waals surface area contributed by atoms with Crippen LogP contribution < -0.4 is 15.8 Å². The van der Waals surface area contributed by atoms with E-state index >= 15 is 0 Å². The number of ether oxygens (including phenoxy) is 1. The fourth-order valence-corrected chi connectivity index (χ4v) is 2.66. The molecule has 1 aliphatic heterocycles. The second kappa shape index (κ2) is 6.73. The van der Waals surface area contributed by atoms with E-state index < -0.39 is 0 Å². The molecule has 0 saturated heterocycles. The van der Waals surface area contributed by atoms with Gasteiger partial charge in [0.05, 0.1) is 18.3 Å². The molecule has 2 aromatic rings. The standard InChI is InChI=1S/C17H22N4O2/c1-3-16-20-11(2)15(23-16)10-19-17(18)21-13-8-9-22-14-7-5-4-6-12(13)14/h4-7,13H,3,8-10H2,1-2H3,(H3,18,19,21). The molecule has 0 saturated carbocycles. The highest BCUT2D eigenvalue weighted by Gasteiger charge is 2.21. The molecule has 1 atom stereocenters. The van der Waals surface area contributed by atoms with Gasteiger partial charge in [-0.2, -0.15) is 0 Å². The number of benzene rings is 1. The number of nitrogens with one attached hydrogen (secondary N) is 1. The Hall–Kier alpha value is -2.50. The number of nitrogens with zero attached hydrogens (tertiary/aromatic N) is 2. The minimum atomic E-state index is 0.116. The summed E-state index contributed by atoms with van der Waals surface area (Å²) in [7, 11) is 0. The molecule has 2 heterocycles. The number of fused-ring (bicyclic) bond motifs is 1. The number of para-hydroxylation sites is 1. The minimum Gasteiger partial charge on any atom is -0.493 e. The quantitative estimate of drug-likeness (QED) is 0.669. The molecule has 0 aliphatic carbocycles. The summed E-state index contributed by atoms with van der Waals surface area (Å²) in [5.41, 5.74) is 8.02. The van der Waals surface area contributed by atoms with E-state index in [0.29, 0.717) is 19.1 Å². The van der Waals surface area contributed by atoms with Gasteiger partial charge in [0, 0.05) is 18.4 Å². The summed E-state index contributed by atoms with van der Waals surface area (Å²) in [4.78, 5) is 8.72. The molecule has 3 rings (SSSR count). The number of guanidine groups is 1. The fourth-order valence-electron chi connectivity index (χ4n) is 2.66. The lowest BCUT2D eigenvalue weighted by molar-refractivity contribution is 0.262. The van der Waals surface area contributed by atoms with Gasteiger partial charge >= 0.3 is 0 Å². The van der Waals surface area contributed by atoms with Gasteiger partial charge in [-0.05, 0) is 13.0 Å². The summed E-state index contributed by atoms with van der Waals surface area (Å²) in [6, 6.07) is 8.11. The Balaban J connectivity index is 1.67. The summed E-state index contributed by atoms with van der Waals surface area (Å²) in [5.74, 6) is 2.81. The normalized spacial score (nSPS) is 17.5. The number of aryl methyl sites for hydroxylation is 2. The molecule has 0 radical (unpaired) electrons. The van der Waals surface area contributed by atoms with Crippen LogP contribution in [0.25, 0.3) is 0 Å². The van der Waals surface area contributed by atoms with Crippen molar-refractivity contribution >= 4 is 5.96 Å². The molecule has 6 heteroatoms. The van der Waals surface area contributed by atoms with E-state index in [1.807, 2.05) is 38.1 Å². The summed E-state index contributed by atoms with van der Waals surface area (Å²) < 4.78 is 11.3. The van der Waals surface area contributed by atoms with Crippen LogP contribution in [-0.2, 0) is 13.0 Å². The van der Waals surface area contributed by atoms with Gasteiger partial charge in [0.25, 0.3) is 0 Å². The Morgan fingerprint density at radius 1 is 1.43 bits per heavy atom. The topological polar surface area (TPSA) is 85.7 Å². The zero-order valence-corrected chi connectivity index (χ0v) is 13.5. The van der Waals surface area contributed by atoms with E-state index in [0.717, 1.165) is 41.5 Å². The summed E-state index contributed by atoms with van der Waals surface area (Å²) >= 11 is 0. The third kappa shape index (κ3) is 3.47. The van der Waals surface area contributed by atoms with Crippen LogP contribution in [0.2, 0.25) is 0 Å². The number of hydrogen-bond acceptors (Lipinski definition) is 4. The van der Waals surface area contributed by atoms with Crippen molar-refractivity contribution < 1.29 is 9.15 Å². The zero-order chi connectivity index (χ0) is 16.2. The predicted molar refractivity (Wildman–Crippen MR) is 88.4 cm³/mol. The van der Waals surface area contributed by atoms with Crippen molar-refractivity contribution in [2.75, 3.05) is 6.61 Å². The SMILES string of the molecule is CCc1nc(C)c(CN=C(N)NC2CCOc3ccccc32)o1. The maximum absolute atomic E-state index is 6.03. The van der Waals surface area contributed by atoms with Gasteiger partial charge in [0.15, 0.2) is 11.9 Å². The second-order valence-electron chi connectivity index (χ2n) is 5.54. The molecule has 0 amide bonds. The first-order valence-corrected chi connectivity index (χ1v) is 7.90. The van der Waals surface area contributed by atoms with Crippen molar-refractivity contribution in [2.24, 2.45) is 10.7 Å². The molecular formula is C17H22N4O2. The lowest BCUT2D eigenvalue weighted by atomic mass is 10.0. The monoisotopic (exact) mass is 314 g/mol. The van der Waals surface area contributed by atoms with Gasteiger partial charge in [-0.15, -0.1) is 0 Å². The average molecular weight is 314 g/mol. The van der Waals surface area contributed by atoms with Gasteiger partial charge < -0.3 is 20.2 Å². The first-order chi connectivity index (χ1) is 11.2. The maximum Gasteiger partial charge on any atom is 0.194 e. The van der Waals surface area contributed by atoms with Crippen molar-refractivity contribution in [1.29, 1.82) is 0 Å². The van der Waals surface area contributed by atoms with Crippen LogP contribution in [0.4, 0.5) is 0 Å². The Morgan fingerprint density at radius 2 is 2.26 bits per heavy atom. The molecule has 1 aromatic carbocycles. The van der Waals surface area contributed by atoms with Crippen LogP contribution in [0.1, 0.15) is 42.3 Å². The van der Waals surface area contributed by atoms with Gasteiger partial charge in [-0.1, -0.05) is 25.1 Å².